The summed E-state index contributed by atoms with van der Waals surface area (Å²) in [6.45, 7) is 2.31. The molecule has 0 bridgehead atoms. The highest BCUT2D eigenvalue weighted by Crippen LogP contribution is 2.27. The molecule has 2 aromatic rings. The van der Waals surface area contributed by atoms with Gasteiger partial charge in [-0.25, -0.2) is 4.98 Å². The van der Waals surface area contributed by atoms with Crippen LogP contribution in [0.4, 0.5) is 0 Å². The molecule has 0 saturated heterocycles. The van der Waals surface area contributed by atoms with Crippen molar-refractivity contribution in [3.8, 4) is 0 Å². The second-order valence-electron chi connectivity index (χ2n) is 4.53. The van der Waals surface area contributed by atoms with Crippen molar-refractivity contribution in [3.63, 3.8) is 0 Å². The average molecular weight is 232 g/mol. The molecule has 1 aliphatic rings. The van der Waals surface area contributed by atoms with E-state index in [2.05, 4.69) is 40.2 Å². The highest BCUT2D eigenvalue weighted by atomic mass is 32.1. The van der Waals surface area contributed by atoms with Gasteiger partial charge < -0.3 is 4.57 Å². The molecule has 84 valence electrons. The van der Waals surface area contributed by atoms with Crippen LogP contribution in [0.25, 0.3) is 0 Å². The van der Waals surface area contributed by atoms with Gasteiger partial charge in [0.15, 0.2) is 0 Å². The third kappa shape index (κ3) is 1.69. The SMILES string of the molecule is CC1CCCc2cnc(Cc3cccs3)n21. The molecule has 0 amide bonds. The van der Waals surface area contributed by atoms with E-state index in [0.717, 1.165) is 6.42 Å². The molecule has 2 aromatic heterocycles. The van der Waals surface area contributed by atoms with Crippen LogP contribution in [0.3, 0.4) is 0 Å². The fraction of sp³-hybridized carbons (Fsp3) is 0.462. The molecule has 1 aliphatic heterocycles. The first-order valence-corrected chi connectivity index (χ1v) is 6.80. The summed E-state index contributed by atoms with van der Waals surface area (Å²) in [7, 11) is 0. The smallest absolute Gasteiger partial charge is 0.114 e. The van der Waals surface area contributed by atoms with Crippen molar-refractivity contribution in [3.05, 3.63) is 40.1 Å². The predicted octanol–water partition coefficient (Wildman–Crippen LogP) is 3.43. The van der Waals surface area contributed by atoms with Gasteiger partial charge in [0.05, 0.1) is 0 Å². The van der Waals surface area contributed by atoms with Crippen LogP contribution >= 0.6 is 11.3 Å². The first-order valence-electron chi connectivity index (χ1n) is 5.92. The van der Waals surface area contributed by atoms with Crippen LogP contribution < -0.4 is 0 Å². The Morgan fingerprint density at radius 1 is 1.56 bits per heavy atom. The van der Waals surface area contributed by atoms with Crippen LogP contribution in [0.1, 0.15) is 42.2 Å². The van der Waals surface area contributed by atoms with Crippen LogP contribution in [0.2, 0.25) is 0 Å². The molecule has 0 spiro atoms. The van der Waals surface area contributed by atoms with Gasteiger partial charge in [-0.15, -0.1) is 11.3 Å². The van der Waals surface area contributed by atoms with Crippen LogP contribution in [-0.2, 0) is 12.8 Å². The van der Waals surface area contributed by atoms with Gasteiger partial charge >= 0.3 is 0 Å². The quantitative estimate of drug-likeness (QED) is 0.775. The molecular weight excluding hydrogens is 216 g/mol. The molecule has 0 saturated carbocycles. The summed E-state index contributed by atoms with van der Waals surface area (Å²) in [4.78, 5) is 6.00. The molecular formula is C13H16N2S. The fourth-order valence-electron chi connectivity index (χ4n) is 2.57. The lowest BCUT2D eigenvalue weighted by atomic mass is 10.0. The molecule has 2 nitrogen and oxygen atoms in total. The Kier molecular flexibility index (Phi) is 2.56. The topological polar surface area (TPSA) is 17.8 Å². The maximum absolute atomic E-state index is 4.59. The Hall–Kier alpha value is -1.09. The Balaban J connectivity index is 1.93. The summed E-state index contributed by atoms with van der Waals surface area (Å²) in [5, 5.41) is 2.14. The van der Waals surface area contributed by atoms with Crippen LogP contribution in [-0.4, -0.2) is 9.55 Å². The van der Waals surface area contributed by atoms with E-state index in [1.165, 1.54) is 35.7 Å². The van der Waals surface area contributed by atoms with Crippen molar-refractivity contribution in [1.29, 1.82) is 0 Å². The molecule has 0 N–H and O–H groups in total. The minimum atomic E-state index is 0.626. The summed E-state index contributed by atoms with van der Waals surface area (Å²) in [6.07, 6.45) is 6.86. The normalized spacial score (nSPS) is 19.7. The Bertz CT molecular complexity index is 470. The minimum Gasteiger partial charge on any atom is -0.329 e. The van der Waals surface area contributed by atoms with Gasteiger partial charge in [0.25, 0.3) is 0 Å². The van der Waals surface area contributed by atoms with E-state index >= 15 is 0 Å². The Morgan fingerprint density at radius 2 is 2.50 bits per heavy atom. The van der Waals surface area contributed by atoms with Gasteiger partial charge in [-0.1, -0.05) is 6.07 Å². The van der Waals surface area contributed by atoms with Crippen molar-refractivity contribution >= 4 is 11.3 Å². The molecule has 3 heterocycles. The van der Waals surface area contributed by atoms with Crippen molar-refractivity contribution < 1.29 is 0 Å². The zero-order valence-corrected chi connectivity index (χ0v) is 10.3. The first-order chi connectivity index (χ1) is 7.84. The molecule has 0 fully saturated rings. The van der Waals surface area contributed by atoms with Crippen molar-refractivity contribution in [1.82, 2.24) is 9.55 Å². The van der Waals surface area contributed by atoms with Crippen LogP contribution in [0, 0.1) is 0 Å². The number of aromatic nitrogens is 2. The largest absolute Gasteiger partial charge is 0.329 e. The highest BCUT2D eigenvalue weighted by Gasteiger charge is 2.19. The van der Waals surface area contributed by atoms with Gasteiger partial charge in [0, 0.05) is 29.2 Å². The lowest BCUT2D eigenvalue weighted by Crippen LogP contribution is -2.17. The third-order valence-corrected chi connectivity index (χ3v) is 4.23. The molecule has 1 unspecified atom stereocenters. The van der Waals surface area contributed by atoms with E-state index in [1.54, 1.807) is 0 Å². The van der Waals surface area contributed by atoms with E-state index in [0.29, 0.717) is 6.04 Å². The van der Waals surface area contributed by atoms with Gasteiger partial charge in [-0.2, -0.15) is 0 Å². The second kappa shape index (κ2) is 4.06. The molecule has 0 aliphatic carbocycles. The number of fused-ring (bicyclic) bond motifs is 1. The van der Waals surface area contributed by atoms with Crippen molar-refractivity contribution in [2.24, 2.45) is 0 Å². The number of hydrogen-bond acceptors (Lipinski definition) is 2. The van der Waals surface area contributed by atoms with E-state index in [1.807, 2.05) is 11.3 Å². The average Bonchev–Trinajstić information content (AvgIpc) is 2.90. The number of thiophene rings is 1. The van der Waals surface area contributed by atoms with E-state index in [4.69, 9.17) is 0 Å². The summed E-state index contributed by atoms with van der Waals surface area (Å²) in [5.74, 6) is 1.24. The fourth-order valence-corrected chi connectivity index (χ4v) is 3.27. The third-order valence-electron chi connectivity index (χ3n) is 3.36. The molecule has 3 rings (SSSR count). The zero-order chi connectivity index (χ0) is 11.0. The summed E-state index contributed by atoms with van der Waals surface area (Å²) in [5.41, 5.74) is 1.42. The van der Waals surface area contributed by atoms with Gasteiger partial charge in [-0.05, 0) is 37.6 Å². The first kappa shape index (κ1) is 10.1. The molecule has 16 heavy (non-hydrogen) atoms. The molecule has 0 radical (unpaired) electrons. The monoisotopic (exact) mass is 232 g/mol. The van der Waals surface area contributed by atoms with Crippen LogP contribution in [0.15, 0.2) is 23.7 Å². The summed E-state index contributed by atoms with van der Waals surface area (Å²) < 4.78 is 2.45. The lowest BCUT2D eigenvalue weighted by molar-refractivity contribution is 0.421. The highest BCUT2D eigenvalue weighted by molar-refractivity contribution is 7.09. The number of hydrogen-bond donors (Lipinski definition) is 0. The molecule has 1 atom stereocenters. The Morgan fingerprint density at radius 3 is 3.31 bits per heavy atom. The number of rotatable bonds is 2. The standard InChI is InChI=1S/C13H16N2S/c1-10-4-2-5-11-9-14-13(15(10)11)8-12-6-3-7-16-12/h3,6-7,9-10H,2,4-5,8H2,1H3. The lowest BCUT2D eigenvalue weighted by Gasteiger charge is -2.23. The second-order valence-corrected chi connectivity index (χ2v) is 5.57. The maximum atomic E-state index is 4.59. The number of imidazole rings is 1. The van der Waals surface area contributed by atoms with Gasteiger partial charge in [0.2, 0.25) is 0 Å². The Labute approximate surface area is 100.0 Å². The predicted molar refractivity (Wildman–Crippen MR) is 67.0 cm³/mol. The van der Waals surface area contributed by atoms with E-state index in [-0.39, 0.29) is 0 Å². The van der Waals surface area contributed by atoms with E-state index < -0.39 is 0 Å². The molecule has 3 heteroatoms. The number of aryl methyl sites for hydroxylation is 1. The maximum Gasteiger partial charge on any atom is 0.114 e. The summed E-state index contributed by atoms with van der Waals surface area (Å²) >= 11 is 1.82. The molecule has 0 aromatic carbocycles. The minimum absolute atomic E-state index is 0.626. The summed E-state index contributed by atoms with van der Waals surface area (Å²) in [6, 6.07) is 4.93. The van der Waals surface area contributed by atoms with Gasteiger partial charge in [0.1, 0.15) is 5.82 Å². The van der Waals surface area contributed by atoms with Crippen molar-refractivity contribution in [2.75, 3.05) is 0 Å². The van der Waals surface area contributed by atoms with Gasteiger partial charge in [-0.3, -0.25) is 0 Å². The van der Waals surface area contributed by atoms with Crippen molar-refractivity contribution in [2.45, 2.75) is 38.6 Å². The number of nitrogens with zero attached hydrogens (tertiary/aromatic N) is 2. The zero-order valence-electron chi connectivity index (χ0n) is 9.52. The van der Waals surface area contributed by atoms with E-state index in [9.17, 15) is 0 Å². The van der Waals surface area contributed by atoms with Crippen LogP contribution in [0.5, 0.6) is 0 Å².